The molecule has 1 rings (SSSR count). The molecule has 1 N–H and O–H groups in total. The predicted octanol–water partition coefficient (Wildman–Crippen LogP) is 3.76. The van der Waals surface area contributed by atoms with Gasteiger partial charge >= 0.3 is 0 Å². The zero-order chi connectivity index (χ0) is 13.1. The third-order valence-electron chi connectivity index (χ3n) is 2.39. The van der Waals surface area contributed by atoms with Crippen LogP contribution >= 0.6 is 11.8 Å². The summed E-state index contributed by atoms with van der Waals surface area (Å²) in [5.74, 6) is -0.828. The fourth-order valence-electron chi connectivity index (χ4n) is 1.45. The second-order valence-corrected chi connectivity index (χ2v) is 6.75. The zero-order valence-corrected chi connectivity index (χ0v) is 11.5. The van der Waals surface area contributed by atoms with Gasteiger partial charge < -0.3 is 5.32 Å². The van der Waals surface area contributed by atoms with Gasteiger partial charge in [0.25, 0.3) is 0 Å². The molecule has 0 aliphatic heterocycles. The number of hydrogen-bond donors (Lipinski definition) is 1. The Morgan fingerprint density at radius 1 is 1.29 bits per heavy atom. The van der Waals surface area contributed by atoms with Crippen molar-refractivity contribution in [2.24, 2.45) is 0 Å². The van der Waals surface area contributed by atoms with Crippen molar-refractivity contribution < 1.29 is 8.78 Å². The largest absolute Gasteiger partial charge is 0.312 e. The lowest BCUT2D eigenvalue weighted by Gasteiger charge is -2.23. The molecule has 0 aromatic heterocycles. The smallest absolute Gasteiger partial charge is 0.163 e. The number of thioether (sulfide) groups is 1. The molecule has 0 heterocycles. The van der Waals surface area contributed by atoms with Crippen LogP contribution in [0, 0.1) is 11.6 Å². The molecule has 1 nitrogen and oxygen atoms in total. The fraction of sp³-hybridized carbons (Fsp3) is 0.538. The van der Waals surface area contributed by atoms with Crippen LogP contribution in [0.3, 0.4) is 0 Å². The maximum absolute atomic E-state index is 13.6. The van der Waals surface area contributed by atoms with Gasteiger partial charge in [0.1, 0.15) is 0 Å². The number of rotatable bonds is 4. The summed E-state index contributed by atoms with van der Waals surface area (Å²) >= 11 is 1.72. The van der Waals surface area contributed by atoms with Crippen LogP contribution in [0.2, 0.25) is 0 Å². The first-order valence-corrected chi connectivity index (χ1v) is 6.59. The lowest BCUT2D eigenvalue weighted by molar-refractivity contribution is 0.483. The van der Waals surface area contributed by atoms with E-state index in [1.807, 2.05) is 0 Å². The van der Waals surface area contributed by atoms with Crippen molar-refractivity contribution >= 4 is 11.8 Å². The molecule has 0 fully saturated rings. The van der Waals surface area contributed by atoms with Crippen molar-refractivity contribution in [2.75, 3.05) is 12.8 Å². The molecule has 0 aliphatic rings. The number of nitrogens with one attached hydrogen (secondary N) is 1. The summed E-state index contributed by atoms with van der Waals surface area (Å²) in [6.45, 7) is 6.31. The topological polar surface area (TPSA) is 12.0 Å². The highest BCUT2D eigenvalue weighted by Crippen LogP contribution is 2.29. The van der Waals surface area contributed by atoms with Crippen LogP contribution in [0.4, 0.5) is 8.78 Å². The Morgan fingerprint density at radius 2 is 1.94 bits per heavy atom. The van der Waals surface area contributed by atoms with Gasteiger partial charge in [0.05, 0.1) is 0 Å². The molecule has 1 aromatic rings. The van der Waals surface area contributed by atoms with Crippen molar-refractivity contribution in [1.82, 2.24) is 5.32 Å². The molecule has 0 saturated heterocycles. The van der Waals surface area contributed by atoms with E-state index in [-0.39, 0.29) is 10.8 Å². The molecule has 4 heteroatoms. The van der Waals surface area contributed by atoms with Crippen molar-refractivity contribution in [3.05, 3.63) is 35.4 Å². The minimum Gasteiger partial charge on any atom is -0.312 e. The molecule has 1 atom stereocenters. The van der Waals surface area contributed by atoms with Gasteiger partial charge in [0.15, 0.2) is 11.6 Å². The van der Waals surface area contributed by atoms with E-state index >= 15 is 0 Å². The van der Waals surface area contributed by atoms with Crippen LogP contribution in [0.5, 0.6) is 0 Å². The van der Waals surface area contributed by atoms with E-state index in [1.165, 1.54) is 0 Å². The summed E-state index contributed by atoms with van der Waals surface area (Å²) in [6.07, 6.45) is 0. The van der Waals surface area contributed by atoms with Gasteiger partial charge in [-0.15, -0.1) is 0 Å². The van der Waals surface area contributed by atoms with E-state index in [0.29, 0.717) is 11.3 Å². The summed E-state index contributed by atoms with van der Waals surface area (Å²) in [4.78, 5) is 0. The molecule has 0 bridgehead atoms. The maximum atomic E-state index is 13.6. The Labute approximate surface area is 106 Å². The van der Waals surface area contributed by atoms with Crippen LogP contribution in [0.15, 0.2) is 18.2 Å². The molecule has 0 saturated carbocycles. The molecular formula is C13H19F2NS. The van der Waals surface area contributed by atoms with Crippen LogP contribution in [-0.2, 0) is 0 Å². The van der Waals surface area contributed by atoms with E-state index in [0.717, 1.165) is 6.07 Å². The molecule has 1 unspecified atom stereocenters. The van der Waals surface area contributed by atoms with Gasteiger partial charge in [-0.2, -0.15) is 11.8 Å². The molecule has 0 amide bonds. The standard InChI is InChI=1S/C13H19F2NS/c1-13(2,3)17-8-11(16-4)9-6-5-7-10(14)12(9)15/h5-7,11,16H,8H2,1-4H3. The second kappa shape index (κ2) is 5.83. The summed E-state index contributed by atoms with van der Waals surface area (Å²) in [6, 6.07) is 4.14. The molecule has 0 radical (unpaired) electrons. The molecule has 0 spiro atoms. The highest BCUT2D eigenvalue weighted by atomic mass is 32.2. The number of halogens is 2. The predicted molar refractivity (Wildman–Crippen MR) is 70.4 cm³/mol. The zero-order valence-electron chi connectivity index (χ0n) is 10.7. The summed E-state index contributed by atoms with van der Waals surface area (Å²) in [5, 5.41) is 3.03. The quantitative estimate of drug-likeness (QED) is 0.883. The van der Waals surface area contributed by atoms with E-state index < -0.39 is 11.6 Å². The minimum absolute atomic E-state index is 0.110. The number of benzene rings is 1. The Morgan fingerprint density at radius 3 is 2.47 bits per heavy atom. The average Bonchev–Trinajstić information content (AvgIpc) is 2.23. The third-order valence-corrected chi connectivity index (χ3v) is 3.75. The Balaban J connectivity index is 2.83. The Kier molecular flexibility index (Phi) is 4.95. The lowest BCUT2D eigenvalue weighted by Crippen LogP contribution is -2.23. The summed E-state index contributed by atoms with van der Waals surface area (Å²) in [7, 11) is 1.76. The average molecular weight is 259 g/mol. The molecular weight excluding hydrogens is 240 g/mol. The first-order valence-electron chi connectivity index (χ1n) is 5.60. The first-order chi connectivity index (χ1) is 7.85. The second-order valence-electron chi connectivity index (χ2n) is 4.91. The van der Waals surface area contributed by atoms with Gasteiger partial charge in [-0.25, -0.2) is 8.78 Å². The maximum Gasteiger partial charge on any atom is 0.163 e. The Hall–Kier alpha value is -0.610. The third kappa shape index (κ3) is 4.28. The SMILES string of the molecule is CNC(CSC(C)(C)C)c1cccc(F)c1F. The molecule has 96 valence electrons. The van der Waals surface area contributed by atoms with Crippen LogP contribution in [0.1, 0.15) is 32.4 Å². The monoisotopic (exact) mass is 259 g/mol. The molecule has 0 aliphatic carbocycles. The van der Waals surface area contributed by atoms with Crippen molar-refractivity contribution in [2.45, 2.75) is 31.6 Å². The summed E-state index contributed by atoms with van der Waals surface area (Å²) < 4.78 is 26.9. The van der Waals surface area contributed by atoms with E-state index in [1.54, 1.807) is 30.9 Å². The minimum atomic E-state index is -0.788. The van der Waals surface area contributed by atoms with E-state index in [9.17, 15) is 8.78 Å². The van der Waals surface area contributed by atoms with Gasteiger partial charge in [-0.1, -0.05) is 32.9 Å². The van der Waals surface area contributed by atoms with Crippen LogP contribution in [-0.4, -0.2) is 17.5 Å². The van der Waals surface area contributed by atoms with Gasteiger partial charge in [-0.3, -0.25) is 0 Å². The van der Waals surface area contributed by atoms with Crippen molar-refractivity contribution in [3.8, 4) is 0 Å². The first kappa shape index (κ1) is 14.5. The Bertz CT molecular complexity index is 374. The normalized spacial score (nSPS) is 13.8. The van der Waals surface area contributed by atoms with Crippen molar-refractivity contribution in [1.29, 1.82) is 0 Å². The fourth-order valence-corrected chi connectivity index (χ4v) is 2.46. The summed E-state index contributed by atoms with van der Waals surface area (Å²) in [5.41, 5.74) is 0.393. The molecule has 17 heavy (non-hydrogen) atoms. The molecule has 1 aromatic carbocycles. The van der Waals surface area contributed by atoms with Crippen LogP contribution in [0.25, 0.3) is 0 Å². The van der Waals surface area contributed by atoms with E-state index in [4.69, 9.17) is 0 Å². The number of hydrogen-bond acceptors (Lipinski definition) is 2. The van der Waals surface area contributed by atoms with Crippen LogP contribution < -0.4 is 5.32 Å². The van der Waals surface area contributed by atoms with Gasteiger partial charge in [-0.05, 0) is 13.1 Å². The van der Waals surface area contributed by atoms with Crippen molar-refractivity contribution in [3.63, 3.8) is 0 Å². The van der Waals surface area contributed by atoms with Gasteiger partial charge in [0, 0.05) is 22.1 Å². The lowest BCUT2D eigenvalue weighted by atomic mass is 10.1. The van der Waals surface area contributed by atoms with Gasteiger partial charge in [0.2, 0.25) is 0 Å². The highest BCUT2D eigenvalue weighted by Gasteiger charge is 2.19. The highest BCUT2D eigenvalue weighted by molar-refractivity contribution is 8.00. The van der Waals surface area contributed by atoms with E-state index in [2.05, 4.69) is 26.1 Å².